The van der Waals surface area contributed by atoms with Crippen LogP contribution in [0.4, 0.5) is 0 Å². The summed E-state index contributed by atoms with van der Waals surface area (Å²) in [6.45, 7) is 5.36. The molecule has 2 N–H and O–H groups in total. The smallest absolute Gasteiger partial charge is 0.257 e. The number of benzene rings is 1. The number of aryl methyl sites for hydroxylation is 1. The number of nitrogens with two attached hydrogens (primary N) is 1. The topological polar surface area (TPSA) is 64.2 Å². The van der Waals surface area contributed by atoms with Gasteiger partial charge in [0.05, 0.1) is 16.9 Å². The molecule has 1 saturated heterocycles. The Morgan fingerprint density at radius 2 is 2.09 bits per heavy atom. The maximum atomic E-state index is 13.0. The van der Waals surface area contributed by atoms with E-state index in [-0.39, 0.29) is 11.9 Å². The zero-order valence-electron chi connectivity index (χ0n) is 13.8. The number of carbonyl (C=O) groups is 1. The third kappa shape index (κ3) is 3.01. The van der Waals surface area contributed by atoms with Gasteiger partial charge in [0.15, 0.2) is 0 Å². The molecule has 1 aliphatic heterocycles. The lowest BCUT2D eigenvalue weighted by Crippen LogP contribution is -2.51. The highest BCUT2D eigenvalue weighted by Crippen LogP contribution is 2.25. The maximum Gasteiger partial charge on any atom is 0.257 e. The summed E-state index contributed by atoms with van der Waals surface area (Å²) in [5, 5.41) is 4.50. The fraction of sp³-hybridized carbons (Fsp3) is 0.444. The number of para-hydroxylation sites is 1. The molecule has 1 aromatic heterocycles. The molecular formula is C18H24N4O. The van der Waals surface area contributed by atoms with Gasteiger partial charge in [0.2, 0.25) is 0 Å². The van der Waals surface area contributed by atoms with Crippen LogP contribution < -0.4 is 5.73 Å². The summed E-state index contributed by atoms with van der Waals surface area (Å²) in [7, 11) is 0. The molecule has 2 atom stereocenters. The number of amides is 1. The van der Waals surface area contributed by atoms with Gasteiger partial charge >= 0.3 is 0 Å². The molecule has 5 heteroatoms. The lowest BCUT2D eigenvalue weighted by atomic mass is 9.90. The molecule has 0 saturated carbocycles. The van der Waals surface area contributed by atoms with Crippen LogP contribution in [0.2, 0.25) is 0 Å². The molecule has 1 fully saturated rings. The Morgan fingerprint density at radius 3 is 2.78 bits per heavy atom. The second-order valence-corrected chi connectivity index (χ2v) is 6.33. The van der Waals surface area contributed by atoms with Gasteiger partial charge in [-0.2, -0.15) is 5.10 Å². The number of nitrogens with zero attached hydrogens (tertiary/aromatic N) is 3. The summed E-state index contributed by atoms with van der Waals surface area (Å²) in [4.78, 5) is 14.9. The highest BCUT2D eigenvalue weighted by Gasteiger charge is 2.32. The first-order chi connectivity index (χ1) is 11.1. The van der Waals surface area contributed by atoms with Crippen molar-refractivity contribution in [1.29, 1.82) is 0 Å². The Kier molecular flexibility index (Phi) is 4.48. The Balaban J connectivity index is 1.89. The summed E-state index contributed by atoms with van der Waals surface area (Å²) in [6, 6.07) is 9.97. The van der Waals surface area contributed by atoms with E-state index in [9.17, 15) is 4.79 Å². The van der Waals surface area contributed by atoms with E-state index in [1.165, 1.54) is 0 Å². The first kappa shape index (κ1) is 15.7. The molecule has 122 valence electrons. The van der Waals surface area contributed by atoms with E-state index in [1.807, 2.05) is 48.4 Å². The van der Waals surface area contributed by atoms with Crippen LogP contribution in [0.5, 0.6) is 0 Å². The Bertz CT molecular complexity index is 680. The van der Waals surface area contributed by atoms with Crippen molar-refractivity contribution < 1.29 is 4.79 Å². The zero-order chi connectivity index (χ0) is 16.4. The summed E-state index contributed by atoms with van der Waals surface area (Å²) >= 11 is 0. The normalized spacial score (nSPS) is 21.4. The Morgan fingerprint density at radius 1 is 1.35 bits per heavy atom. The summed E-state index contributed by atoms with van der Waals surface area (Å²) in [5.74, 6) is 0.494. The summed E-state index contributed by atoms with van der Waals surface area (Å²) in [5.41, 5.74) is 8.30. The molecule has 2 heterocycles. The van der Waals surface area contributed by atoms with Crippen LogP contribution in [-0.2, 0) is 0 Å². The molecule has 1 amide bonds. The molecule has 2 aromatic rings. The first-order valence-electron chi connectivity index (χ1n) is 8.24. The van der Waals surface area contributed by atoms with Crippen molar-refractivity contribution in [1.82, 2.24) is 14.7 Å². The van der Waals surface area contributed by atoms with Gasteiger partial charge in [0.25, 0.3) is 5.91 Å². The Labute approximate surface area is 137 Å². The lowest BCUT2D eigenvalue weighted by molar-refractivity contribution is 0.0532. The van der Waals surface area contributed by atoms with Crippen LogP contribution in [0.15, 0.2) is 36.5 Å². The number of likely N-dealkylation sites (tertiary alicyclic amines) is 1. The van der Waals surface area contributed by atoms with Crippen LogP contribution in [0.25, 0.3) is 5.69 Å². The van der Waals surface area contributed by atoms with Gasteiger partial charge in [-0.1, -0.05) is 25.1 Å². The second-order valence-electron chi connectivity index (χ2n) is 6.33. The number of rotatable bonds is 3. The predicted octanol–water partition coefficient (Wildman–Crippen LogP) is 2.38. The van der Waals surface area contributed by atoms with Gasteiger partial charge in [0.1, 0.15) is 0 Å². The third-order valence-electron chi connectivity index (χ3n) is 4.77. The van der Waals surface area contributed by atoms with E-state index in [4.69, 9.17) is 5.73 Å². The van der Waals surface area contributed by atoms with Gasteiger partial charge < -0.3 is 10.6 Å². The number of carbonyl (C=O) groups excluding carboxylic acids is 1. The van der Waals surface area contributed by atoms with Gasteiger partial charge in [-0.15, -0.1) is 0 Å². The highest BCUT2D eigenvalue weighted by molar-refractivity contribution is 5.95. The van der Waals surface area contributed by atoms with Gasteiger partial charge in [-0.25, -0.2) is 4.68 Å². The van der Waals surface area contributed by atoms with Crippen molar-refractivity contribution >= 4 is 5.91 Å². The van der Waals surface area contributed by atoms with Gasteiger partial charge in [-0.05, 0) is 37.8 Å². The fourth-order valence-electron chi connectivity index (χ4n) is 3.40. The van der Waals surface area contributed by atoms with Crippen molar-refractivity contribution in [3.05, 3.63) is 47.8 Å². The van der Waals surface area contributed by atoms with Crippen LogP contribution in [0, 0.1) is 12.8 Å². The van der Waals surface area contributed by atoms with E-state index >= 15 is 0 Å². The largest absolute Gasteiger partial charge is 0.334 e. The monoisotopic (exact) mass is 312 g/mol. The van der Waals surface area contributed by atoms with Crippen LogP contribution in [0.1, 0.15) is 35.8 Å². The predicted molar refractivity (Wildman–Crippen MR) is 90.6 cm³/mol. The molecule has 23 heavy (non-hydrogen) atoms. The summed E-state index contributed by atoms with van der Waals surface area (Å²) < 4.78 is 1.77. The van der Waals surface area contributed by atoms with E-state index in [0.717, 1.165) is 30.8 Å². The molecule has 5 nitrogen and oxygen atoms in total. The fourth-order valence-corrected chi connectivity index (χ4v) is 3.40. The van der Waals surface area contributed by atoms with E-state index in [1.54, 1.807) is 4.68 Å². The molecule has 0 bridgehead atoms. The average Bonchev–Trinajstić information content (AvgIpc) is 2.96. The number of hydrogen-bond acceptors (Lipinski definition) is 3. The molecule has 2 unspecified atom stereocenters. The number of aromatic nitrogens is 2. The van der Waals surface area contributed by atoms with Crippen LogP contribution in [0.3, 0.4) is 0 Å². The highest BCUT2D eigenvalue weighted by atomic mass is 16.2. The van der Waals surface area contributed by atoms with E-state index in [0.29, 0.717) is 18.0 Å². The minimum atomic E-state index is 0.0479. The molecule has 0 aliphatic carbocycles. The third-order valence-corrected chi connectivity index (χ3v) is 4.77. The van der Waals surface area contributed by atoms with Crippen molar-refractivity contribution in [3.8, 4) is 5.69 Å². The van der Waals surface area contributed by atoms with Crippen molar-refractivity contribution in [2.45, 2.75) is 32.7 Å². The Hall–Kier alpha value is -2.14. The average molecular weight is 312 g/mol. The minimum absolute atomic E-state index is 0.0479. The zero-order valence-corrected chi connectivity index (χ0v) is 13.8. The quantitative estimate of drug-likeness (QED) is 0.946. The van der Waals surface area contributed by atoms with Crippen LogP contribution >= 0.6 is 0 Å². The lowest BCUT2D eigenvalue weighted by Gasteiger charge is -2.39. The first-order valence-corrected chi connectivity index (χ1v) is 8.24. The number of piperidine rings is 1. The molecule has 0 spiro atoms. The molecule has 0 radical (unpaired) electrons. The molecular weight excluding hydrogens is 288 g/mol. The van der Waals surface area contributed by atoms with E-state index in [2.05, 4.69) is 12.0 Å². The van der Waals surface area contributed by atoms with Crippen molar-refractivity contribution in [3.63, 3.8) is 0 Å². The maximum absolute atomic E-state index is 13.0. The van der Waals surface area contributed by atoms with Gasteiger partial charge in [0, 0.05) is 25.3 Å². The molecule has 1 aliphatic rings. The number of hydrogen-bond donors (Lipinski definition) is 1. The molecule has 1 aromatic carbocycles. The van der Waals surface area contributed by atoms with E-state index < -0.39 is 0 Å². The van der Waals surface area contributed by atoms with Gasteiger partial charge in [-0.3, -0.25) is 4.79 Å². The molecule has 3 rings (SSSR count). The second kappa shape index (κ2) is 6.54. The minimum Gasteiger partial charge on any atom is -0.334 e. The van der Waals surface area contributed by atoms with Crippen molar-refractivity contribution in [2.24, 2.45) is 11.7 Å². The van der Waals surface area contributed by atoms with Crippen molar-refractivity contribution in [2.75, 3.05) is 13.1 Å². The standard InChI is InChI=1S/C18H24N4O/c1-13-7-6-10-21(17(13)11-19)18(23)16-12-22(20-14(16)2)15-8-4-3-5-9-15/h3-5,8-9,12-13,17H,6-7,10-11,19H2,1-2H3. The summed E-state index contributed by atoms with van der Waals surface area (Å²) in [6.07, 6.45) is 4.00. The van der Waals surface area contributed by atoms with Crippen LogP contribution in [-0.4, -0.2) is 39.7 Å². The SMILES string of the molecule is Cc1nn(-c2ccccc2)cc1C(=O)N1CCCC(C)C1CN.